The highest BCUT2D eigenvalue weighted by atomic mass is 16.5. The van der Waals surface area contributed by atoms with Gasteiger partial charge in [-0.3, -0.25) is 14.8 Å². The maximum atomic E-state index is 12.7. The molecule has 9 heteroatoms. The number of hydroxylamine groups is 1. The fourth-order valence-corrected chi connectivity index (χ4v) is 3.65. The molecule has 1 saturated carbocycles. The first kappa shape index (κ1) is 23.5. The first-order valence-corrected chi connectivity index (χ1v) is 10.3. The average molecular weight is 421 g/mol. The van der Waals surface area contributed by atoms with Crippen LogP contribution in [0.3, 0.4) is 0 Å². The predicted octanol–water partition coefficient (Wildman–Crippen LogP) is 2.37. The summed E-state index contributed by atoms with van der Waals surface area (Å²) in [7, 11) is 1.53. The van der Waals surface area contributed by atoms with Crippen molar-refractivity contribution in [2.24, 2.45) is 11.8 Å². The van der Waals surface area contributed by atoms with Crippen LogP contribution in [0, 0.1) is 11.8 Å². The monoisotopic (exact) mass is 420 g/mol. The quantitative estimate of drug-likeness (QED) is 0.342. The summed E-state index contributed by atoms with van der Waals surface area (Å²) in [4.78, 5) is 38.0. The largest absolute Gasteiger partial charge is 0.495 e. The number of nitrogens with one attached hydrogen (secondary N) is 3. The van der Waals surface area contributed by atoms with Crippen molar-refractivity contribution in [3.05, 3.63) is 24.3 Å². The van der Waals surface area contributed by atoms with Crippen molar-refractivity contribution in [3.63, 3.8) is 0 Å². The molecule has 0 unspecified atom stereocenters. The van der Waals surface area contributed by atoms with Gasteiger partial charge in [-0.05, 0) is 36.8 Å². The number of amides is 4. The van der Waals surface area contributed by atoms with Gasteiger partial charge in [-0.2, -0.15) is 0 Å². The molecule has 0 radical (unpaired) electrons. The van der Waals surface area contributed by atoms with Crippen molar-refractivity contribution >= 4 is 23.5 Å². The third kappa shape index (κ3) is 7.55. The molecule has 166 valence electrons. The number of ether oxygens (including phenoxy) is 1. The third-order valence-corrected chi connectivity index (χ3v) is 5.25. The van der Waals surface area contributed by atoms with Crippen LogP contribution in [0.5, 0.6) is 5.75 Å². The van der Waals surface area contributed by atoms with Gasteiger partial charge in [0.1, 0.15) is 12.3 Å². The van der Waals surface area contributed by atoms with Gasteiger partial charge in [0.05, 0.1) is 12.8 Å². The Kier molecular flexibility index (Phi) is 9.40. The zero-order valence-corrected chi connectivity index (χ0v) is 17.6. The Balaban J connectivity index is 1.82. The number of nitrogens with zero attached hydrogens (tertiary/aromatic N) is 1. The molecule has 1 aromatic carbocycles. The lowest BCUT2D eigenvalue weighted by molar-refractivity contribution is -0.140. The summed E-state index contributed by atoms with van der Waals surface area (Å²) in [5.74, 6) is 0.0542. The number of benzene rings is 1. The van der Waals surface area contributed by atoms with E-state index in [9.17, 15) is 14.4 Å². The Hall–Kier alpha value is -2.81. The molecule has 1 aromatic rings. The Morgan fingerprint density at radius 2 is 1.93 bits per heavy atom. The molecule has 2 rings (SSSR count). The molecule has 1 atom stereocenters. The lowest BCUT2D eigenvalue weighted by atomic mass is 10.0. The molecular formula is C21H32N4O5. The molecule has 1 aliphatic rings. The van der Waals surface area contributed by atoms with Gasteiger partial charge in [0.15, 0.2) is 0 Å². The van der Waals surface area contributed by atoms with Crippen molar-refractivity contribution in [2.75, 3.05) is 32.1 Å². The van der Waals surface area contributed by atoms with E-state index in [4.69, 9.17) is 9.94 Å². The highest BCUT2D eigenvalue weighted by Crippen LogP contribution is 2.26. The lowest BCUT2D eigenvalue weighted by Crippen LogP contribution is -2.43. The second kappa shape index (κ2) is 12.0. The topological polar surface area (TPSA) is 120 Å². The van der Waals surface area contributed by atoms with Crippen LogP contribution in [0.2, 0.25) is 0 Å². The van der Waals surface area contributed by atoms with E-state index in [1.165, 1.54) is 12.0 Å². The van der Waals surface area contributed by atoms with Gasteiger partial charge in [-0.1, -0.05) is 31.9 Å². The summed E-state index contributed by atoms with van der Waals surface area (Å²) in [5.41, 5.74) is 2.15. The number of urea groups is 1. The summed E-state index contributed by atoms with van der Waals surface area (Å²) in [6.45, 7) is 2.51. The summed E-state index contributed by atoms with van der Waals surface area (Å²) in [5, 5.41) is 14.3. The molecule has 4 amide bonds. The van der Waals surface area contributed by atoms with E-state index in [1.807, 2.05) is 13.0 Å². The number of hydrogen-bond acceptors (Lipinski definition) is 5. The zero-order chi connectivity index (χ0) is 21.9. The van der Waals surface area contributed by atoms with E-state index in [0.29, 0.717) is 30.4 Å². The minimum Gasteiger partial charge on any atom is -0.495 e. The Morgan fingerprint density at radius 3 is 2.60 bits per heavy atom. The van der Waals surface area contributed by atoms with Crippen LogP contribution in [-0.4, -0.2) is 54.7 Å². The minimum absolute atomic E-state index is 0.121. The van der Waals surface area contributed by atoms with Crippen LogP contribution in [0.1, 0.15) is 39.0 Å². The second-order valence-electron chi connectivity index (χ2n) is 7.80. The second-order valence-corrected chi connectivity index (χ2v) is 7.80. The van der Waals surface area contributed by atoms with Crippen molar-refractivity contribution in [2.45, 2.75) is 39.0 Å². The SMILES string of the molecule is COc1ccccc1NC(=O)NC[C@@H](C)CC(=O)N(CC(=O)NO)CC1CCCC1. The number of hydrogen-bond donors (Lipinski definition) is 4. The molecule has 4 N–H and O–H groups in total. The first-order valence-electron chi connectivity index (χ1n) is 10.3. The lowest BCUT2D eigenvalue weighted by Gasteiger charge is -2.26. The predicted molar refractivity (Wildman–Crippen MR) is 112 cm³/mol. The van der Waals surface area contributed by atoms with Crippen LogP contribution in [0.25, 0.3) is 0 Å². The van der Waals surface area contributed by atoms with Gasteiger partial charge < -0.3 is 20.3 Å². The fourth-order valence-electron chi connectivity index (χ4n) is 3.65. The Morgan fingerprint density at radius 1 is 1.23 bits per heavy atom. The maximum Gasteiger partial charge on any atom is 0.319 e. The van der Waals surface area contributed by atoms with E-state index in [2.05, 4.69) is 10.6 Å². The van der Waals surface area contributed by atoms with E-state index >= 15 is 0 Å². The van der Waals surface area contributed by atoms with E-state index in [-0.39, 0.29) is 30.8 Å². The number of methoxy groups -OCH3 is 1. The molecule has 1 fully saturated rings. The highest BCUT2D eigenvalue weighted by Gasteiger charge is 2.24. The average Bonchev–Trinajstić information content (AvgIpc) is 3.25. The van der Waals surface area contributed by atoms with Gasteiger partial charge in [-0.25, -0.2) is 10.3 Å². The molecule has 0 heterocycles. The van der Waals surface area contributed by atoms with Crippen LogP contribution < -0.4 is 20.9 Å². The highest BCUT2D eigenvalue weighted by molar-refractivity contribution is 5.91. The van der Waals surface area contributed by atoms with E-state index in [1.54, 1.807) is 23.7 Å². The molecule has 9 nitrogen and oxygen atoms in total. The van der Waals surface area contributed by atoms with Crippen LogP contribution >= 0.6 is 0 Å². The standard InChI is InChI=1S/C21H32N4O5/c1-15(12-22-21(28)23-17-9-5-6-10-18(17)30-2)11-20(27)25(14-19(26)24-29)13-16-7-3-4-8-16/h5-6,9-10,15-16,29H,3-4,7-8,11-14H2,1-2H3,(H,24,26)(H2,22,23,28)/t15-/m0/s1. The molecule has 0 saturated heterocycles. The molecule has 0 aliphatic heterocycles. The first-order chi connectivity index (χ1) is 14.4. The van der Waals surface area contributed by atoms with Gasteiger partial charge >= 0.3 is 6.03 Å². The molecular weight excluding hydrogens is 388 g/mol. The van der Waals surface area contributed by atoms with E-state index in [0.717, 1.165) is 25.7 Å². The van der Waals surface area contributed by atoms with Gasteiger partial charge in [0, 0.05) is 19.5 Å². The third-order valence-electron chi connectivity index (χ3n) is 5.25. The van der Waals surface area contributed by atoms with Crippen molar-refractivity contribution in [1.29, 1.82) is 0 Å². The van der Waals surface area contributed by atoms with Crippen LogP contribution in [0.4, 0.5) is 10.5 Å². The Labute approximate surface area is 177 Å². The normalized spacial score (nSPS) is 14.6. The van der Waals surface area contributed by atoms with Crippen molar-refractivity contribution < 1.29 is 24.3 Å². The number of anilines is 1. The molecule has 0 aromatic heterocycles. The zero-order valence-electron chi connectivity index (χ0n) is 17.6. The summed E-state index contributed by atoms with van der Waals surface area (Å²) < 4.78 is 5.20. The number of para-hydroxylation sites is 2. The van der Waals surface area contributed by atoms with Gasteiger partial charge in [-0.15, -0.1) is 0 Å². The van der Waals surface area contributed by atoms with Gasteiger partial charge in [0.25, 0.3) is 5.91 Å². The number of carbonyl (C=O) groups is 3. The maximum absolute atomic E-state index is 12.7. The minimum atomic E-state index is -0.608. The van der Waals surface area contributed by atoms with Crippen LogP contribution in [-0.2, 0) is 9.59 Å². The van der Waals surface area contributed by atoms with E-state index < -0.39 is 5.91 Å². The number of carbonyl (C=O) groups excluding carboxylic acids is 3. The fraction of sp³-hybridized carbons (Fsp3) is 0.571. The molecule has 30 heavy (non-hydrogen) atoms. The smallest absolute Gasteiger partial charge is 0.319 e. The Bertz CT molecular complexity index is 721. The summed E-state index contributed by atoms with van der Waals surface area (Å²) >= 11 is 0. The molecule has 1 aliphatic carbocycles. The molecule has 0 bridgehead atoms. The summed E-state index contributed by atoms with van der Waals surface area (Å²) in [6, 6.07) is 6.70. The molecule has 0 spiro atoms. The van der Waals surface area contributed by atoms with Crippen molar-refractivity contribution in [1.82, 2.24) is 15.7 Å². The van der Waals surface area contributed by atoms with Crippen molar-refractivity contribution in [3.8, 4) is 5.75 Å². The van der Waals surface area contributed by atoms with Gasteiger partial charge in [0.2, 0.25) is 5.91 Å². The summed E-state index contributed by atoms with van der Waals surface area (Å²) in [6.07, 6.45) is 4.57. The van der Waals surface area contributed by atoms with Crippen LogP contribution in [0.15, 0.2) is 24.3 Å². The number of rotatable bonds is 10.